The molecule has 0 unspecified atom stereocenters. The maximum Gasteiger partial charge on any atom is 0.160 e. The van der Waals surface area contributed by atoms with Crippen LogP contribution in [0, 0.1) is 10.8 Å². The number of aliphatic hydroxyl groups is 2. The largest absolute Gasteiger partial charge is 0.390 e. The molecular weight excluding hydrogens is 204 g/mol. The first kappa shape index (κ1) is 15.3. The number of allylic oxidation sites excluding steroid dienone is 1. The van der Waals surface area contributed by atoms with E-state index in [-0.39, 0.29) is 5.78 Å². The van der Waals surface area contributed by atoms with Crippen molar-refractivity contribution in [2.75, 3.05) is 0 Å². The van der Waals surface area contributed by atoms with Crippen LogP contribution in [-0.2, 0) is 4.79 Å². The van der Waals surface area contributed by atoms with Crippen LogP contribution in [0.5, 0.6) is 0 Å². The average molecular weight is 228 g/mol. The van der Waals surface area contributed by atoms with Gasteiger partial charge in [0.15, 0.2) is 5.78 Å². The molecule has 0 fully saturated rings. The summed E-state index contributed by atoms with van der Waals surface area (Å²) < 4.78 is 0. The van der Waals surface area contributed by atoms with E-state index in [2.05, 4.69) is 0 Å². The van der Waals surface area contributed by atoms with Crippen LogP contribution in [0.3, 0.4) is 0 Å². The first-order valence-electron chi connectivity index (χ1n) is 5.55. The van der Waals surface area contributed by atoms with Gasteiger partial charge in [0.2, 0.25) is 0 Å². The van der Waals surface area contributed by atoms with Crippen LogP contribution in [0.2, 0.25) is 0 Å². The van der Waals surface area contributed by atoms with Gasteiger partial charge in [0, 0.05) is 5.41 Å². The average Bonchev–Trinajstić information content (AvgIpc) is 2.09. The minimum Gasteiger partial charge on any atom is -0.390 e. The molecular formula is C13H24O3. The highest BCUT2D eigenvalue weighted by molar-refractivity contribution is 5.93. The van der Waals surface area contributed by atoms with Crippen molar-refractivity contribution in [3.05, 3.63) is 12.2 Å². The molecule has 3 heteroatoms. The third-order valence-electron chi connectivity index (χ3n) is 2.39. The van der Waals surface area contributed by atoms with Crippen molar-refractivity contribution < 1.29 is 15.0 Å². The Hall–Kier alpha value is -0.670. The van der Waals surface area contributed by atoms with Gasteiger partial charge in [0.25, 0.3) is 0 Å². The number of ketones is 1. The molecule has 16 heavy (non-hydrogen) atoms. The van der Waals surface area contributed by atoms with Crippen molar-refractivity contribution in [1.29, 1.82) is 0 Å². The van der Waals surface area contributed by atoms with Gasteiger partial charge in [-0.05, 0) is 11.5 Å². The van der Waals surface area contributed by atoms with Gasteiger partial charge in [-0.25, -0.2) is 0 Å². The van der Waals surface area contributed by atoms with Gasteiger partial charge in [0.05, 0.1) is 12.2 Å². The third kappa shape index (κ3) is 4.90. The molecule has 2 atom stereocenters. The molecule has 0 heterocycles. The number of hydrogen-bond donors (Lipinski definition) is 2. The Balaban J connectivity index is 4.53. The summed E-state index contributed by atoms with van der Waals surface area (Å²) in [4.78, 5) is 11.6. The van der Waals surface area contributed by atoms with Gasteiger partial charge >= 0.3 is 0 Å². The van der Waals surface area contributed by atoms with Gasteiger partial charge in [-0.1, -0.05) is 47.6 Å². The van der Waals surface area contributed by atoms with Crippen molar-refractivity contribution in [2.45, 2.75) is 53.8 Å². The number of carbonyl (C=O) groups is 1. The Bertz CT molecular complexity index is 266. The van der Waals surface area contributed by atoms with E-state index in [1.807, 2.05) is 41.5 Å². The van der Waals surface area contributed by atoms with E-state index in [4.69, 9.17) is 0 Å². The molecule has 0 amide bonds. The quantitative estimate of drug-likeness (QED) is 0.726. The van der Waals surface area contributed by atoms with Crippen LogP contribution < -0.4 is 0 Å². The molecule has 94 valence electrons. The van der Waals surface area contributed by atoms with Crippen LogP contribution in [0.1, 0.15) is 41.5 Å². The van der Waals surface area contributed by atoms with Crippen LogP contribution in [0.15, 0.2) is 12.2 Å². The molecule has 0 aromatic rings. The fourth-order valence-electron chi connectivity index (χ4n) is 1.05. The van der Waals surface area contributed by atoms with E-state index in [1.54, 1.807) is 0 Å². The Morgan fingerprint density at radius 1 is 1.06 bits per heavy atom. The van der Waals surface area contributed by atoms with E-state index in [0.717, 1.165) is 0 Å². The van der Waals surface area contributed by atoms with Crippen molar-refractivity contribution in [3.8, 4) is 0 Å². The molecule has 0 spiro atoms. The van der Waals surface area contributed by atoms with Gasteiger partial charge in [0.1, 0.15) is 0 Å². The molecule has 0 saturated heterocycles. The molecule has 0 aliphatic rings. The first-order valence-corrected chi connectivity index (χ1v) is 5.55. The molecule has 0 bridgehead atoms. The highest BCUT2D eigenvalue weighted by Gasteiger charge is 2.28. The summed E-state index contributed by atoms with van der Waals surface area (Å²) in [6.45, 7) is 10.9. The second-order valence-corrected chi connectivity index (χ2v) is 6.27. The number of hydrogen-bond acceptors (Lipinski definition) is 3. The lowest BCUT2D eigenvalue weighted by atomic mass is 9.85. The van der Waals surface area contributed by atoms with E-state index in [1.165, 1.54) is 12.2 Å². The van der Waals surface area contributed by atoms with Crippen molar-refractivity contribution >= 4 is 5.78 Å². The summed E-state index contributed by atoms with van der Waals surface area (Å²) >= 11 is 0. The predicted octanol–water partition coefficient (Wildman–Crippen LogP) is 1.93. The summed E-state index contributed by atoms with van der Waals surface area (Å²) in [6.07, 6.45) is 0.825. The molecule has 0 aliphatic heterocycles. The number of rotatable bonds is 3. The fourth-order valence-corrected chi connectivity index (χ4v) is 1.05. The van der Waals surface area contributed by atoms with E-state index in [0.29, 0.717) is 0 Å². The lowest BCUT2D eigenvalue weighted by molar-refractivity contribution is -0.121. The molecule has 0 saturated carbocycles. The van der Waals surface area contributed by atoms with Gasteiger partial charge < -0.3 is 10.2 Å². The minimum atomic E-state index is -1.01. The van der Waals surface area contributed by atoms with Crippen LogP contribution in [0.25, 0.3) is 0 Å². The van der Waals surface area contributed by atoms with Crippen LogP contribution in [0.4, 0.5) is 0 Å². The van der Waals surface area contributed by atoms with Gasteiger partial charge in [-0.3, -0.25) is 4.79 Å². The maximum absolute atomic E-state index is 11.6. The first-order chi connectivity index (χ1) is 6.96. The summed E-state index contributed by atoms with van der Waals surface area (Å²) in [7, 11) is 0. The number of carbonyl (C=O) groups excluding carboxylic acids is 1. The highest BCUT2D eigenvalue weighted by Crippen LogP contribution is 2.22. The molecule has 2 N–H and O–H groups in total. The summed E-state index contributed by atoms with van der Waals surface area (Å²) in [6, 6.07) is 0. The lowest BCUT2D eigenvalue weighted by Crippen LogP contribution is -2.36. The zero-order chi connectivity index (χ0) is 13.1. The SMILES string of the molecule is CC(C)(C)C(=O)/C=C/[C@H](O)[C@H](O)C(C)(C)C. The lowest BCUT2D eigenvalue weighted by Gasteiger charge is -2.28. The molecule has 0 radical (unpaired) electrons. The monoisotopic (exact) mass is 228 g/mol. The molecule has 0 rings (SSSR count). The third-order valence-corrected chi connectivity index (χ3v) is 2.39. The molecule has 0 aromatic heterocycles. The van der Waals surface area contributed by atoms with E-state index < -0.39 is 23.0 Å². The van der Waals surface area contributed by atoms with Crippen LogP contribution in [-0.4, -0.2) is 28.2 Å². The van der Waals surface area contributed by atoms with Crippen molar-refractivity contribution in [3.63, 3.8) is 0 Å². The summed E-state index contributed by atoms with van der Waals surface area (Å²) in [5, 5.41) is 19.4. The molecule has 3 nitrogen and oxygen atoms in total. The Kier molecular flexibility index (Phi) is 4.89. The van der Waals surface area contributed by atoms with Crippen LogP contribution >= 0.6 is 0 Å². The smallest absolute Gasteiger partial charge is 0.160 e. The van der Waals surface area contributed by atoms with Gasteiger partial charge in [-0.15, -0.1) is 0 Å². The Labute approximate surface area is 98.2 Å². The summed E-state index contributed by atoms with van der Waals surface area (Å²) in [5.74, 6) is -0.0624. The van der Waals surface area contributed by atoms with E-state index >= 15 is 0 Å². The zero-order valence-corrected chi connectivity index (χ0v) is 11.1. The molecule has 0 aliphatic carbocycles. The fraction of sp³-hybridized carbons (Fsp3) is 0.769. The maximum atomic E-state index is 11.6. The topological polar surface area (TPSA) is 57.5 Å². The normalized spacial score (nSPS) is 17.5. The van der Waals surface area contributed by atoms with Crippen molar-refractivity contribution in [2.24, 2.45) is 10.8 Å². The predicted molar refractivity (Wildman–Crippen MR) is 65.1 cm³/mol. The van der Waals surface area contributed by atoms with Gasteiger partial charge in [-0.2, -0.15) is 0 Å². The summed E-state index contributed by atoms with van der Waals surface area (Å²) in [5.41, 5.74) is -0.864. The Morgan fingerprint density at radius 3 is 1.81 bits per heavy atom. The highest BCUT2D eigenvalue weighted by atomic mass is 16.3. The minimum absolute atomic E-state index is 0.0624. The second kappa shape index (κ2) is 5.11. The molecule has 0 aromatic carbocycles. The second-order valence-electron chi connectivity index (χ2n) is 6.27. The van der Waals surface area contributed by atoms with Crippen molar-refractivity contribution in [1.82, 2.24) is 0 Å². The number of aliphatic hydroxyl groups excluding tert-OH is 2. The standard InChI is InChI=1S/C13H24O3/c1-12(2,3)10(15)8-7-9(14)11(16)13(4,5)6/h7-9,11,14,16H,1-6H3/b8-7+/t9-,11-/m0/s1. The zero-order valence-electron chi connectivity index (χ0n) is 11.1. The Morgan fingerprint density at radius 2 is 1.50 bits per heavy atom. The van der Waals surface area contributed by atoms with E-state index in [9.17, 15) is 15.0 Å².